The Hall–Kier alpha value is -3.33. The Morgan fingerprint density at radius 3 is 2.61 bits per heavy atom. The summed E-state index contributed by atoms with van der Waals surface area (Å²) in [6, 6.07) is 15.4. The van der Waals surface area contributed by atoms with Gasteiger partial charge < -0.3 is 24.8 Å². The zero-order valence-electron chi connectivity index (χ0n) is 16.4. The summed E-state index contributed by atoms with van der Waals surface area (Å²) in [6.45, 7) is 4.65. The van der Waals surface area contributed by atoms with Gasteiger partial charge in [0.25, 0.3) is 0 Å². The zero-order valence-corrected chi connectivity index (χ0v) is 16.4. The second-order valence-electron chi connectivity index (χ2n) is 5.76. The largest absolute Gasteiger partial charge is 0.493 e. The van der Waals surface area contributed by atoms with Crippen molar-refractivity contribution in [2.75, 3.05) is 33.4 Å². The van der Waals surface area contributed by atoms with Crippen molar-refractivity contribution >= 4 is 5.96 Å². The van der Waals surface area contributed by atoms with E-state index in [4.69, 9.17) is 20.6 Å². The van der Waals surface area contributed by atoms with E-state index in [1.54, 1.807) is 7.11 Å². The van der Waals surface area contributed by atoms with E-state index in [2.05, 4.69) is 21.5 Å². The van der Waals surface area contributed by atoms with Crippen molar-refractivity contribution in [3.05, 3.63) is 54.1 Å². The Balaban J connectivity index is 1.91. The number of guanidine groups is 1. The van der Waals surface area contributed by atoms with Crippen LogP contribution in [0.25, 0.3) is 0 Å². The predicted octanol–water partition coefficient (Wildman–Crippen LogP) is 2.84. The molecule has 0 bridgehead atoms. The minimum Gasteiger partial charge on any atom is -0.493 e. The first kappa shape index (κ1) is 21.0. The van der Waals surface area contributed by atoms with Crippen molar-refractivity contribution in [1.29, 1.82) is 0 Å². The molecule has 0 heterocycles. The van der Waals surface area contributed by atoms with Crippen LogP contribution in [0.5, 0.6) is 17.2 Å². The van der Waals surface area contributed by atoms with Crippen molar-refractivity contribution in [2.45, 2.75) is 13.5 Å². The predicted molar refractivity (Wildman–Crippen MR) is 112 cm³/mol. The molecule has 6 heteroatoms. The second-order valence-corrected chi connectivity index (χ2v) is 5.76. The van der Waals surface area contributed by atoms with Crippen molar-refractivity contribution in [3.63, 3.8) is 0 Å². The lowest BCUT2D eigenvalue weighted by molar-refractivity contribution is 0.322. The van der Waals surface area contributed by atoms with E-state index in [1.165, 1.54) is 0 Å². The molecule has 2 rings (SSSR count). The summed E-state index contributed by atoms with van der Waals surface area (Å²) >= 11 is 0. The molecular weight excluding hydrogens is 354 g/mol. The topological polar surface area (TPSA) is 64.1 Å². The lowest BCUT2D eigenvalue weighted by Gasteiger charge is -2.13. The van der Waals surface area contributed by atoms with E-state index in [-0.39, 0.29) is 6.61 Å². The third kappa shape index (κ3) is 7.12. The molecule has 0 aliphatic rings. The number of hydrogen-bond donors (Lipinski definition) is 2. The molecule has 2 aromatic carbocycles. The molecule has 2 N–H and O–H groups in total. The lowest BCUT2D eigenvalue weighted by atomic mass is 10.2. The highest BCUT2D eigenvalue weighted by molar-refractivity contribution is 5.79. The maximum Gasteiger partial charge on any atom is 0.191 e. The number of aliphatic imine (C=N–C) groups is 1. The number of benzene rings is 2. The van der Waals surface area contributed by atoms with Crippen molar-refractivity contribution in [1.82, 2.24) is 10.6 Å². The van der Waals surface area contributed by atoms with Gasteiger partial charge in [0, 0.05) is 6.54 Å². The molecule has 0 radical (unpaired) electrons. The van der Waals surface area contributed by atoms with E-state index in [0.29, 0.717) is 31.2 Å². The van der Waals surface area contributed by atoms with Crippen LogP contribution in [-0.2, 0) is 6.54 Å². The summed E-state index contributed by atoms with van der Waals surface area (Å²) in [7, 11) is 1.60. The van der Waals surface area contributed by atoms with Crippen molar-refractivity contribution in [2.24, 2.45) is 4.99 Å². The molecule has 0 amide bonds. The van der Waals surface area contributed by atoms with Crippen LogP contribution < -0.4 is 24.8 Å². The SMILES string of the molecule is C#CCOc1cc(CN=C(NCC)NCCOc2ccccc2)ccc1OC. The molecule has 0 saturated heterocycles. The van der Waals surface area contributed by atoms with Crippen LogP contribution in [0.4, 0.5) is 0 Å². The van der Waals surface area contributed by atoms with Gasteiger partial charge in [0.1, 0.15) is 19.0 Å². The van der Waals surface area contributed by atoms with Gasteiger partial charge in [0.15, 0.2) is 17.5 Å². The molecule has 0 aliphatic heterocycles. The first-order valence-electron chi connectivity index (χ1n) is 9.20. The number of ether oxygens (including phenoxy) is 3. The Morgan fingerprint density at radius 1 is 1.07 bits per heavy atom. The van der Waals surface area contributed by atoms with Gasteiger partial charge in [-0.2, -0.15) is 0 Å². The maximum atomic E-state index is 5.68. The molecule has 148 valence electrons. The maximum absolute atomic E-state index is 5.68. The van der Waals surface area contributed by atoms with Gasteiger partial charge in [0.05, 0.1) is 20.2 Å². The number of methoxy groups -OCH3 is 1. The first-order valence-corrected chi connectivity index (χ1v) is 9.20. The fraction of sp³-hybridized carbons (Fsp3) is 0.318. The average molecular weight is 381 g/mol. The summed E-state index contributed by atoms with van der Waals surface area (Å²) < 4.78 is 16.5. The highest BCUT2D eigenvalue weighted by Crippen LogP contribution is 2.28. The number of para-hydroxylation sites is 1. The molecule has 0 saturated carbocycles. The van der Waals surface area contributed by atoms with Gasteiger partial charge in [-0.1, -0.05) is 30.2 Å². The Labute approximate surface area is 166 Å². The molecule has 0 fully saturated rings. The van der Waals surface area contributed by atoms with E-state index >= 15 is 0 Å². The van der Waals surface area contributed by atoms with E-state index in [1.807, 2.05) is 55.5 Å². The van der Waals surface area contributed by atoms with Crippen LogP contribution >= 0.6 is 0 Å². The third-order valence-corrected chi connectivity index (χ3v) is 3.71. The normalized spacial score (nSPS) is 10.7. The Kier molecular flexibility index (Phi) is 9.09. The smallest absolute Gasteiger partial charge is 0.191 e. The van der Waals surface area contributed by atoms with E-state index in [0.717, 1.165) is 23.8 Å². The highest BCUT2D eigenvalue weighted by Gasteiger charge is 2.06. The summed E-state index contributed by atoms with van der Waals surface area (Å²) in [6.07, 6.45) is 5.27. The number of nitrogens with zero attached hydrogens (tertiary/aromatic N) is 1. The van der Waals surface area contributed by atoms with Crippen LogP contribution in [0, 0.1) is 12.3 Å². The molecule has 2 aromatic rings. The Morgan fingerprint density at radius 2 is 1.89 bits per heavy atom. The number of rotatable bonds is 10. The molecule has 0 atom stereocenters. The van der Waals surface area contributed by atoms with Gasteiger partial charge in [-0.3, -0.25) is 0 Å². The monoisotopic (exact) mass is 381 g/mol. The second kappa shape index (κ2) is 12.1. The zero-order chi connectivity index (χ0) is 20.0. The van der Waals surface area contributed by atoms with E-state index < -0.39 is 0 Å². The fourth-order valence-corrected chi connectivity index (χ4v) is 2.42. The van der Waals surface area contributed by atoms with E-state index in [9.17, 15) is 0 Å². The third-order valence-electron chi connectivity index (χ3n) is 3.71. The number of terminal acetylenes is 1. The van der Waals surface area contributed by atoms with Gasteiger partial charge in [-0.15, -0.1) is 6.42 Å². The van der Waals surface area contributed by atoms with Crippen LogP contribution in [0.1, 0.15) is 12.5 Å². The molecule has 28 heavy (non-hydrogen) atoms. The first-order chi connectivity index (χ1) is 13.8. The lowest BCUT2D eigenvalue weighted by Crippen LogP contribution is -2.39. The summed E-state index contributed by atoms with van der Waals surface area (Å²) in [5, 5.41) is 6.49. The summed E-state index contributed by atoms with van der Waals surface area (Å²) in [4.78, 5) is 4.61. The van der Waals surface area contributed by atoms with Crippen LogP contribution in [-0.4, -0.2) is 39.4 Å². The molecule has 0 aromatic heterocycles. The minimum absolute atomic E-state index is 0.189. The molecule has 6 nitrogen and oxygen atoms in total. The van der Waals surface area contributed by atoms with Gasteiger partial charge >= 0.3 is 0 Å². The number of nitrogens with one attached hydrogen (secondary N) is 2. The molecule has 0 spiro atoms. The standard InChI is InChI=1S/C22H27N3O3/c1-4-14-28-21-16-18(11-12-20(21)26-3)17-25-22(23-5-2)24-13-15-27-19-9-7-6-8-10-19/h1,6-12,16H,5,13-15,17H2,2-3H3,(H2,23,24,25). The quantitative estimate of drug-likeness (QED) is 0.287. The molecule has 0 unspecified atom stereocenters. The molecule has 0 aliphatic carbocycles. The average Bonchev–Trinajstić information content (AvgIpc) is 2.74. The molecular formula is C22H27N3O3. The van der Waals surface area contributed by atoms with Crippen LogP contribution in [0.2, 0.25) is 0 Å². The minimum atomic E-state index is 0.189. The highest BCUT2D eigenvalue weighted by atomic mass is 16.5. The Bertz CT molecular complexity index is 785. The summed E-state index contributed by atoms with van der Waals surface area (Å²) in [5.41, 5.74) is 0.991. The van der Waals surface area contributed by atoms with Crippen LogP contribution in [0.15, 0.2) is 53.5 Å². The van der Waals surface area contributed by atoms with Crippen molar-refractivity contribution in [3.8, 4) is 29.6 Å². The fourth-order valence-electron chi connectivity index (χ4n) is 2.42. The van der Waals surface area contributed by atoms with Gasteiger partial charge in [0.2, 0.25) is 0 Å². The van der Waals surface area contributed by atoms with Gasteiger partial charge in [-0.25, -0.2) is 4.99 Å². The van der Waals surface area contributed by atoms with Crippen molar-refractivity contribution < 1.29 is 14.2 Å². The number of hydrogen-bond acceptors (Lipinski definition) is 4. The van der Waals surface area contributed by atoms with Gasteiger partial charge in [-0.05, 0) is 36.8 Å². The summed E-state index contributed by atoms with van der Waals surface area (Å²) in [5.74, 6) is 5.29. The van der Waals surface area contributed by atoms with Crippen LogP contribution in [0.3, 0.4) is 0 Å².